The fraction of sp³-hybridized carbons (Fsp3) is 0.524. The molecule has 1 unspecified atom stereocenters. The molecule has 28 heavy (non-hydrogen) atoms. The van der Waals surface area contributed by atoms with Gasteiger partial charge >= 0.3 is 0 Å². The van der Waals surface area contributed by atoms with E-state index in [2.05, 4.69) is 36.4 Å². The lowest BCUT2D eigenvalue weighted by Gasteiger charge is -2.09. The minimum Gasteiger partial charge on any atom is -0.351 e. The van der Waals surface area contributed by atoms with E-state index in [1.54, 1.807) is 12.1 Å². The van der Waals surface area contributed by atoms with Crippen LogP contribution in [0.15, 0.2) is 30.4 Å². The topological polar surface area (TPSA) is 46.9 Å². The maximum absolute atomic E-state index is 13.5. The fourth-order valence-electron chi connectivity index (χ4n) is 2.53. The molecule has 0 saturated heterocycles. The van der Waals surface area contributed by atoms with Gasteiger partial charge in [-0.05, 0) is 37.0 Å². The lowest BCUT2D eigenvalue weighted by molar-refractivity contribution is 0.00882. The van der Waals surface area contributed by atoms with Crippen LogP contribution in [-0.2, 0) is 13.0 Å². The maximum Gasteiger partial charge on any atom is 0.286 e. The molecule has 0 bridgehead atoms. The first-order valence-electron chi connectivity index (χ1n) is 9.68. The Hall–Kier alpha value is -2.02. The number of alkyl halides is 2. The summed E-state index contributed by atoms with van der Waals surface area (Å²) in [6.45, 7) is 9.61. The molecule has 1 amide bonds. The summed E-state index contributed by atoms with van der Waals surface area (Å²) in [6, 6.07) is 4.82. The number of carbonyl (C=O) groups is 1. The Morgan fingerprint density at radius 2 is 2.04 bits per heavy atom. The van der Waals surface area contributed by atoms with Crippen LogP contribution in [0, 0.1) is 5.92 Å². The third-order valence-electron chi connectivity index (χ3n) is 3.96. The molecule has 4 nitrogen and oxygen atoms in total. The van der Waals surface area contributed by atoms with Crippen LogP contribution in [0.2, 0.25) is 0 Å². The molecule has 0 spiro atoms. The smallest absolute Gasteiger partial charge is 0.286 e. The number of aromatic nitrogens is 2. The fourth-order valence-corrected chi connectivity index (χ4v) is 3.41. The Labute approximate surface area is 170 Å². The number of rotatable bonds is 8. The number of nitrogens with one attached hydrogen (secondary N) is 1. The number of carbonyl (C=O) groups excluding carboxylic acids is 1. The van der Waals surface area contributed by atoms with Gasteiger partial charge in [0.2, 0.25) is 0 Å². The van der Waals surface area contributed by atoms with Gasteiger partial charge in [-0.25, -0.2) is 0 Å². The standard InChI is InChI=1S/C19H25F2N3OS.C2H6/c1-5-6-7-8-13(2)12-22-18(25)16-10-9-15(26-16)14-11-17(19(3,20)21)24(4)23-14;1-2/h6-7,9-11,13H,5,8,12H2,1-4H3,(H,22,25);1-2H3/b7-6-;. The van der Waals surface area contributed by atoms with Crippen LogP contribution in [-0.4, -0.2) is 22.2 Å². The molecule has 2 aromatic rings. The van der Waals surface area contributed by atoms with E-state index in [4.69, 9.17) is 0 Å². The van der Waals surface area contributed by atoms with Crippen molar-refractivity contribution in [2.75, 3.05) is 6.54 Å². The Morgan fingerprint density at radius 3 is 2.61 bits per heavy atom. The number of hydrogen-bond acceptors (Lipinski definition) is 3. The average molecular weight is 412 g/mol. The van der Waals surface area contributed by atoms with E-state index in [0.29, 0.717) is 27.9 Å². The number of nitrogens with zero attached hydrogens (tertiary/aromatic N) is 2. The minimum absolute atomic E-state index is 0.149. The van der Waals surface area contributed by atoms with Gasteiger partial charge in [0.05, 0.1) is 9.75 Å². The van der Waals surface area contributed by atoms with Gasteiger partial charge in [0.15, 0.2) is 0 Å². The third kappa shape index (κ3) is 6.86. The molecule has 0 aromatic carbocycles. The van der Waals surface area contributed by atoms with E-state index >= 15 is 0 Å². The van der Waals surface area contributed by atoms with E-state index in [-0.39, 0.29) is 11.6 Å². The monoisotopic (exact) mass is 411 g/mol. The van der Waals surface area contributed by atoms with Crippen molar-refractivity contribution < 1.29 is 13.6 Å². The number of thiophene rings is 1. The highest BCUT2D eigenvalue weighted by Gasteiger charge is 2.29. The summed E-state index contributed by atoms with van der Waals surface area (Å²) in [5.74, 6) is -2.75. The molecule has 2 rings (SSSR count). The van der Waals surface area contributed by atoms with Gasteiger partial charge in [-0.15, -0.1) is 11.3 Å². The van der Waals surface area contributed by atoms with E-state index < -0.39 is 5.92 Å². The summed E-state index contributed by atoms with van der Waals surface area (Å²) < 4.78 is 28.3. The number of allylic oxidation sites excluding steroid dienone is 2. The predicted molar refractivity (Wildman–Crippen MR) is 113 cm³/mol. The van der Waals surface area contributed by atoms with Crippen molar-refractivity contribution >= 4 is 17.2 Å². The molecule has 0 aliphatic carbocycles. The Balaban J connectivity index is 0.00000190. The summed E-state index contributed by atoms with van der Waals surface area (Å²) in [6.07, 6.45) is 6.18. The highest BCUT2D eigenvalue weighted by Crippen LogP contribution is 2.32. The molecule has 1 N–H and O–H groups in total. The van der Waals surface area contributed by atoms with Gasteiger partial charge in [-0.1, -0.05) is 39.8 Å². The summed E-state index contributed by atoms with van der Waals surface area (Å²) in [5.41, 5.74) is 0.298. The number of hydrogen-bond donors (Lipinski definition) is 1. The average Bonchev–Trinajstić information content (AvgIpc) is 3.28. The van der Waals surface area contributed by atoms with Crippen LogP contribution in [0.4, 0.5) is 8.78 Å². The van der Waals surface area contributed by atoms with Gasteiger partial charge < -0.3 is 5.32 Å². The van der Waals surface area contributed by atoms with Crippen LogP contribution in [0.25, 0.3) is 10.6 Å². The van der Waals surface area contributed by atoms with E-state index in [1.807, 2.05) is 13.8 Å². The van der Waals surface area contributed by atoms with Gasteiger partial charge in [-0.3, -0.25) is 9.48 Å². The zero-order valence-electron chi connectivity index (χ0n) is 17.6. The Bertz CT molecular complexity index is 775. The first-order valence-corrected chi connectivity index (χ1v) is 10.5. The number of amides is 1. The van der Waals surface area contributed by atoms with Crippen LogP contribution in [0.5, 0.6) is 0 Å². The summed E-state index contributed by atoms with van der Waals surface area (Å²) in [5, 5.41) is 7.07. The molecule has 2 heterocycles. The predicted octanol–water partition coefficient (Wildman–Crippen LogP) is 6.01. The second kappa shape index (κ2) is 11.1. The van der Waals surface area contributed by atoms with Crippen molar-refractivity contribution in [3.05, 3.63) is 40.9 Å². The molecular formula is C21H31F2N3OS. The molecule has 0 radical (unpaired) electrons. The summed E-state index contributed by atoms with van der Waals surface area (Å²) >= 11 is 1.25. The highest BCUT2D eigenvalue weighted by atomic mass is 32.1. The zero-order valence-corrected chi connectivity index (χ0v) is 18.4. The van der Waals surface area contributed by atoms with Gasteiger partial charge in [0, 0.05) is 20.5 Å². The van der Waals surface area contributed by atoms with E-state index in [1.165, 1.54) is 29.1 Å². The van der Waals surface area contributed by atoms with Crippen molar-refractivity contribution in [1.29, 1.82) is 0 Å². The SMILES string of the molecule is CC.CC/C=C\CC(C)CNC(=O)c1ccc(-c2cc(C(C)(F)F)n(C)n2)s1. The molecule has 0 saturated carbocycles. The largest absolute Gasteiger partial charge is 0.351 e. The molecule has 156 valence electrons. The molecule has 2 aromatic heterocycles. The molecular weight excluding hydrogens is 380 g/mol. The van der Waals surface area contributed by atoms with Crippen molar-refractivity contribution in [1.82, 2.24) is 15.1 Å². The second-order valence-corrected chi connectivity index (χ2v) is 7.61. The van der Waals surface area contributed by atoms with Gasteiger partial charge in [-0.2, -0.15) is 13.9 Å². The zero-order chi connectivity index (χ0) is 21.3. The van der Waals surface area contributed by atoms with Crippen LogP contribution >= 0.6 is 11.3 Å². The van der Waals surface area contributed by atoms with E-state index in [9.17, 15) is 13.6 Å². The first kappa shape index (κ1) is 24.0. The van der Waals surface area contributed by atoms with Crippen molar-refractivity contribution in [2.45, 2.75) is 53.4 Å². The second-order valence-electron chi connectivity index (χ2n) is 6.52. The minimum atomic E-state index is -2.96. The molecule has 1 atom stereocenters. The van der Waals surface area contributed by atoms with Crippen LogP contribution in [0.1, 0.15) is 62.8 Å². The summed E-state index contributed by atoms with van der Waals surface area (Å²) in [7, 11) is 1.49. The normalized spacial score (nSPS) is 12.6. The Kier molecular flexibility index (Phi) is 9.52. The van der Waals surface area contributed by atoms with Crippen LogP contribution in [0.3, 0.4) is 0 Å². The Morgan fingerprint density at radius 1 is 1.36 bits per heavy atom. The quantitative estimate of drug-likeness (QED) is 0.541. The lowest BCUT2D eigenvalue weighted by Crippen LogP contribution is -2.27. The molecule has 0 fully saturated rings. The lowest BCUT2D eigenvalue weighted by atomic mass is 10.1. The molecule has 0 aliphatic rings. The van der Waals surface area contributed by atoms with Crippen LogP contribution < -0.4 is 5.32 Å². The first-order chi connectivity index (χ1) is 13.2. The van der Waals surface area contributed by atoms with E-state index in [0.717, 1.165) is 19.8 Å². The summed E-state index contributed by atoms with van der Waals surface area (Å²) in [4.78, 5) is 13.5. The maximum atomic E-state index is 13.5. The third-order valence-corrected chi connectivity index (χ3v) is 5.07. The number of aryl methyl sites for hydroxylation is 1. The highest BCUT2D eigenvalue weighted by molar-refractivity contribution is 7.17. The van der Waals surface area contributed by atoms with Crippen molar-refractivity contribution in [3.63, 3.8) is 0 Å². The molecule has 7 heteroatoms. The molecule has 0 aliphatic heterocycles. The van der Waals surface area contributed by atoms with Crippen molar-refractivity contribution in [3.8, 4) is 10.6 Å². The van der Waals surface area contributed by atoms with Gasteiger partial charge in [0.1, 0.15) is 11.4 Å². The number of halogens is 2. The van der Waals surface area contributed by atoms with Crippen molar-refractivity contribution in [2.24, 2.45) is 13.0 Å². The van der Waals surface area contributed by atoms with Gasteiger partial charge in [0.25, 0.3) is 11.8 Å².